The van der Waals surface area contributed by atoms with Crippen LogP contribution in [0.1, 0.15) is 11.9 Å². The highest BCUT2D eigenvalue weighted by molar-refractivity contribution is 5.81. The Morgan fingerprint density at radius 3 is 3.00 bits per heavy atom. The Hall–Kier alpha value is -1.98. The van der Waals surface area contributed by atoms with E-state index in [9.17, 15) is 9.59 Å². The molecule has 2 rings (SSSR count). The number of carbonyl (C=O) groups is 2. The maximum absolute atomic E-state index is 11.6. The molecule has 0 saturated carbocycles. The van der Waals surface area contributed by atoms with E-state index in [-0.39, 0.29) is 6.03 Å². The van der Waals surface area contributed by atoms with Crippen molar-refractivity contribution in [2.45, 2.75) is 6.23 Å². The van der Waals surface area contributed by atoms with Gasteiger partial charge in [-0.15, -0.1) is 0 Å². The van der Waals surface area contributed by atoms with E-state index in [0.29, 0.717) is 5.69 Å². The van der Waals surface area contributed by atoms with Crippen LogP contribution in [0.5, 0.6) is 0 Å². The number of rotatable bonds is 1. The van der Waals surface area contributed by atoms with E-state index in [1.165, 1.54) is 16.5 Å². The summed E-state index contributed by atoms with van der Waals surface area (Å²) in [5.41, 5.74) is 0.658. The number of nitrogens with one attached hydrogen (secondary N) is 1. The predicted molar refractivity (Wildman–Crippen MR) is 51.3 cm³/mol. The molecule has 0 aromatic carbocycles. The van der Waals surface area contributed by atoms with Crippen LogP contribution in [0.3, 0.4) is 0 Å². The van der Waals surface area contributed by atoms with Crippen LogP contribution in [0.15, 0.2) is 18.3 Å². The number of aromatic nitrogens is 1. The second-order valence-corrected chi connectivity index (χ2v) is 3.20. The highest BCUT2D eigenvalue weighted by atomic mass is 16.6. The Labute approximate surface area is 86.4 Å². The van der Waals surface area contributed by atoms with Gasteiger partial charge in [-0.1, -0.05) is 0 Å². The molecule has 0 bridgehead atoms. The smallest absolute Gasteiger partial charge is 0.409 e. The Morgan fingerprint density at radius 2 is 2.33 bits per heavy atom. The Kier molecular flexibility index (Phi) is 2.11. The van der Waals surface area contributed by atoms with Crippen molar-refractivity contribution in [3.63, 3.8) is 0 Å². The first-order chi connectivity index (χ1) is 7.15. The summed E-state index contributed by atoms with van der Waals surface area (Å²) in [7, 11) is 3.06. The molecule has 2 amide bonds. The molecule has 0 fully saturated rings. The Morgan fingerprint density at radius 1 is 1.60 bits per heavy atom. The standard InChI is InChI=1S/C9H11N3O3/c1-10-8(13)15-7-6-4-3-5-12(6)9(14)11(7)2/h3-5,7H,1-2H3,(H,10,13)/t7-/m0/s1. The van der Waals surface area contributed by atoms with Gasteiger partial charge in [0.2, 0.25) is 6.23 Å². The van der Waals surface area contributed by atoms with Crippen LogP contribution in [-0.2, 0) is 4.74 Å². The molecule has 1 atom stereocenters. The van der Waals surface area contributed by atoms with Gasteiger partial charge in [0.05, 0.1) is 5.69 Å². The van der Waals surface area contributed by atoms with Crippen LogP contribution in [0.4, 0.5) is 9.59 Å². The number of hydrogen-bond donors (Lipinski definition) is 1. The second-order valence-electron chi connectivity index (χ2n) is 3.20. The normalized spacial score (nSPS) is 18.9. The number of carbonyl (C=O) groups excluding carboxylic acids is 2. The highest BCUT2D eigenvalue weighted by Gasteiger charge is 2.36. The molecule has 15 heavy (non-hydrogen) atoms. The number of hydrogen-bond acceptors (Lipinski definition) is 3. The summed E-state index contributed by atoms with van der Waals surface area (Å²) in [5.74, 6) is 0. The minimum Gasteiger partial charge on any atom is -0.419 e. The maximum Gasteiger partial charge on any atom is 0.409 e. The van der Waals surface area contributed by atoms with Crippen LogP contribution in [0.25, 0.3) is 0 Å². The zero-order valence-electron chi connectivity index (χ0n) is 8.43. The topological polar surface area (TPSA) is 63.6 Å². The van der Waals surface area contributed by atoms with Crippen molar-refractivity contribution in [3.05, 3.63) is 24.0 Å². The van der Waals surface area contributed by atoms with Gasteiger partial charge in [0.1, 0.15) is 0 Å². The Balaban J connectivity index is 2.27. The monoisotopic (exact) mass is 209 g/mol. The van der Waals surface area contributed by atoms with Crippen LogP contribution in [-0.4, -0.2) is 35.7 Å². The molecular formula is C9H11N3O3. The minimum atomic E-state index is -0.646. The number of nitrogens with zero attached hydrogens (tertiary/aromatic N) is 2. The van der Waals surface area contributed by atoms with Gasteiger partial charge < -0.3 is 10.1 Å². The second kappa shape index (κ2) is 3.30. The molecule has 0 saturated heterocycles. The van der Waals surface area contributed by atoms with E-state index < -0.39 is 12.3 Å². The molecule has 0 radical (unpaired) electrons. The van der Waals surface area contributed by atoms with Crippen LogP contribution < -0.4 is 5.32 Å². The predicted octanol–water partition coefficient (Wildman–Crippen LogP) is 0.756. The first-order valence-electron chi connectivity index (χ1n) is 4.48. The number of alkyl carbamates (subject to hydrolysis) is 1. The fourth-order valence-electron chi connectivity index (χ4n) is 1.54. The van der Waals surface area contributed by atoms with Crippen molar-refractivity contribution in [2.24, 2.45) is 0 Å². The van der Waals surface area contributed by atoms with Crippen molar-refractivity contribution in [1.29, 1.82) is 0 Å². The summed E-state index contributed by atoms with van der Waals surface area (Å²) in [6.07, 6.45) is 0.434. The van der Waals surface area contributed by atoms with Crippen molar-refractivity contribution < 1.29 is 14.3 Å². The van der Waals surface area contributed by atoms with E-state index >= 15 is 0 Å². The molecule has 80 valence electrons. The average molecular weight is 209 g/mol. The quantitative estimate of drug-likeness (QED) is 0.742. The molecule has 1 aromatic rings. The summed E-state index contributed by atoms with van der Waals surface area (Å²) in [6, 6.07) is 3.28. The van der Waals surface area contributed by atoms with E-state index in [2.05, 4.69) is 5.32 Å². The molecule has 1 aromatic heterocycles. The Bertz CT molecular complexity index is 412. The average Bonchev–Trinajstić information content (AvgIpc) is 2.78. The van der Waals surface area contributed by atoms with E-state index in [0.717, 1.165) is 0 Å². The molecule has 0 aliphatic carbocycles. The largest absolute Gasteiger partial charge is 0.419 e. The van der Waals surface area contributed by atoms with Crippen molar-refractivity contribution >= 4 is 12.1 Å². The summed E-state index contributed by atoms with van der Waals surface area (Å²) < 4.78 is 6.51. The van der Waals surface area contributed by atoms with E-state index in [4.69, 9.17) is 4.74 Å². The van der Waals surface area contributed by atoms with Crippen molar-refractivity contribution in [2.75, 3.05) is 14.1 Å². The zero-order valence-corrected chi connectivity index (χ0v) is 8.43. The first-order valence-corrected chi connectivity index (χ1v) is 4.48. The molecule has 0 unspecified atom stereocenters. The summed E-state index contributed by atoms with van der Waals surface area (Å²) in [5, 5.41) is 2.34. The van der Waals surface area contributed by atoms with Crippen molar-refractivity contribution in [1.82, 2.24) is 14.8 Å². The van der Waals surface area contributed by atoms with Crippen LogP contribution in [0.2, 0.25) is 0 Å². The van der Waals surface area contributed by atoms with Gasteiger partial charge in [0.25, 0.3) is 0 Å². The maximum atomic E-state index is 11.6. The van der Waals surface area contributed by atoms with E-state index in [1.807, 2.05) is 0 Å². The molecule has 1 aliphatic rings. The SMILES string of the molecule is CNC(=O)O[C@H]1c2cccn2C(=O)N1C. The lowest BCUT2D eigenvalue weighted by atomic mass is 10.4. The molecule has 1 aliphatic heterocycles. The van der Waals surface area contributed by atoms with Crippen LogP contribution >= 0.6 is 0 Å². The van der Waals surface area contributed by atoms with Gasteiger partial charge in [-0.25, -0.2) is 9.59 Å². The van der Waals surface area contributed by atoms with Gasteiger partial charge >= 0.3 is 12.1 Å². The van der Waals surface area contributed by atoms with Gasteiger partial charge in [-0.05, 0) is 12.1 Å². The molecule has 1 N–H and O–H groups in total. The van der Waals surface area contributed by atoms with Gasteiger partial charge in [0, 0.05) is 20.3 Å². The molecule has 6 nitrogen and oxygen atoms in total. The molecule has 6 heteroatoms. The fourth-order valence-corrected chi connectivity index (χ4v) is 1.54. The molecule has 0 spiro atoms. The highest BCUT2D eigenvalue weighted by Crippen LogP contribution is 2.28. The lowest BCUT2D eigenvalue weighted by molar-refractivity contribution is 0.0323. The van der Waals surface area contributed by atoms with Crippen LogP contribution in [0, 0.1) is 0 Å². The van der Waals surface area contributed by atoms with E-state index in [1.54, 1.807) is 25.4 Å². The van der Waals surface area contributed by atoms with Crippen molar-refractivity contribution in [3.8, 4) is 0 Å². The number of amides is 2. The van der Waals surface area contributed by atoms with Gasteiger partial charge in [-0.2, -0.15) is 0 Å². The number of ether oxygens (including phenoxy) is 1. The summed E-state index contributed by atoms with van der Waals surface area (Å²) >= 11 is 0. The van der Waals surface area contributed by atoms with Gasteiger partial charge in [-0.3, -0.25) is 9.47 Å². The first kappa shape index (κ1) is 9.57. The summed E-state index contributed by atoms with van der Waals surface area (Å²) in [4.78, 5) is 24.1. The van der Waals surface area contributed by atoms with Gasteiger partial charge in [0.15, 0.2) is 0 Å². The molecular weight excluding hydrogens is 198 g/mol. The third-order valence-corrected chi connectivity index (χ3v) is 2.32. The minimum absolute atomic E-state index is 0.205. The third-order valence-electron chi connectivity index (χ3n) is 2.32. The number of fused-ring (bicyclic) bond motifs is 1. The zero-order chi connectivity index (χ0) is 11.0. The molecule has 2 heterocycles. The lowest BCUT2D eigenvalue weighted by Gasteiger charge is -2.18. The summed E-state index contributed by atoms with van der Waals surface area (Å²) in [6.45, 7) is 0. The fraction of sp³-hybridized carbons (Fsp3) is 0.333. The lowest BCUT2D eigenvalue weighted by Crippen LogP contribution is -2.30. The third kappa shape index (κ3) is 1.34.